The maximum atomic E-state index is 13.8. The van der Waals surface area contributed by atoms with Crippen LogP contribution in [0.4, 0.5) is 10.1 Å². The van der Waals surface area contributed by atoms with Crippen molar-refractivity contribution in [3.05, 3.63) is 51.5 Å². The molecule has 1 aromatic carbocycles. The largest absolute Gasteiger partial charge is 0.399 e. The Morgan fingerprint density at radius 3 is 2.95 bits per heavy atom. The number of nitrogens with two attached hydrogens (primary N) is 1. The quantitative estimate of drug-likeness (QED) is 0.845. The van der Waals surface area contributed by atoms with Gasteiger partial charge >= 0.3 is 0 Å². The van der Waals surface area contributed by atoms with E-state index in [0.717, 1.165) is 6.42 Å². The topological polar surface area (TPSA) is 55.1 Å². The molecule has 3 nitrogen and oxygen atoms in total. The molecule has 0 radical (unpaired) electrons. The van der Waals surface area contributed by atoms with Crippen molar-refractivity contribution in [2.45, 2.75) is 13.3 Å². The van der Waals surface area contributed by atoms with Crippen molar-refractivity contribution in [2.75, 3.05) is 12.3 Å². The lowest BCUT2D eigenvalue weighted by Gasteiger charge is -2.08. The van der Waals surface area contributed by atoms with Crippen molar-refractivity contribution in [1.29, 1.82) is 0 Å². The van der Waals surface area contributed by atoms with E-state index < -0.39 is 11.7 Å². The maximum absolute atomic E-state index is 13.8. The molecule has 1 amide bonds. The van der Waals surface area contributed by atoms with Gasteiger partial charge in [0.2, 0.25) is 0 Å². The normalized spacial score (nSPS) is 10.4. The molecule has 0 spiro atoms. The van der Waals surface area contributed by atoms with Gasteiger partial charge in [0.25, 0.3) is 5.91 Å². The Morgan fingerprint density at radius 2 is 2.26 bits per heavy atom. The summed E-state index contributed by atoms with van der Waals surface area (Å²) in [6.45, 7) is 2.07. The van der Waals surface area contributed by atoms with Crippen LogP contribution in [0.1, 0.15) is 20.8 Å². The number of thiophene rings is 1. The molecule has 100 valence electrons. The first-order chi connectivity index (χ1) is 9.08. The van der Waals surface area contributed by atoms with E-state index >= 15 is 0 Å². The van der Waals surface area contributed by atoms with E-state index in [1.165, 1.54) is 17.0 Å². The van der Waals surface area contributed by atoms with Crippen LogP contribution in [0.2, 0.25) is 0 Å². The summed E-state index contributed by atoms with van der Waals surface area (Å²) >= 11 is 1.63. The standard InChI is InChI=1S/C14H15FN2OS/c1-9-7-10(16)8-12(13(9)15)14(18)17-5-4-11-3-2-6-19-11/h2-3,6-8H,4-5,16H2,1H3,(H,17,18). The van der Waals surface area contributed by atoms with Crippen molar-refractivity contribution in [1.82, 2.24) is 5.32 Å². The first-order valence-electron chi connectivity index (χ1n) is 5.94. The third kappa shape index (κ3) is 3.32. The van der Waals surface area contributed by atoms with Gasteiger partial charge in [0.1, 0.15) is 5.82 Å². The zero-order valence-corrected chi connectivity index (χ0v) is 11.4. The molecule has 0 aliphatic rings. The number of carbonyl (C=O) groups excluding carboxylic acids is 1. The van der Waals surface area contributed by atoms with Crippen LogP contribution in [0.5, 0.6) is 0 Å². The SMILES string of the molecule is Cc1cc(N)cc(C(=O)NCCc2cccs2)c1F. The highest BCUT2D eigenvalue weighted by Gasteiger charge is 2.14. The van der Waals surface area contributed by atoms with Crippen molar-refractivity contribution < 1.29 is 9.18 Å². The average molecular weight is 278 g/mol. The Hall–Kier alpha value is -1.88. The van der Waals surface area contributed by atoms with E-state index in [1.807, 2.05) is 17.5 Å². The van der Waals surface area contributed by atoms with Crippen molar-refractivity contribution in [3.63, 3.8) is 0 Å². The van der Waals surface area contributed by atoms with Gasteiger partial charge in [0.05, 0.1) is 5.56 Å². The van der Waals surface area contributed by atoms with Gasteiger partial charge in [-0.2, -0.15) is 0 Å². The third-order valence-electron chi connectivity index (χ3n) is 2.76. The van der Waals surface area contributed by atoms with Crippen LogP contribution in [0.3, 0.4) is 0 Å². The predicted molar refractivity (Wildman–Crippen MR) is 75.9 cm³/mol. The second kappa shape index (κ2) is 5.84. The van der Waals surface area contributed by atoms with Gasteiger partial charge in [0.15, 0.2) is 0 Å². The zero-order valence-electron chi connectivity index (χ0n) is 10.6. The Balaban J connectivity index is 2.00. The number of amides is 1. The monoisotopic (exact) mass is 278 g/mol. The smallest absolute Gasteiger partial charge is 0.254 e. The molecule has 1 aromatic heterocycles. The summed E-state index contributed by atoms with van der Waals surface area (Å²) in [6, 6.07) is 6.84. The fourth-order valence-corrected chi connectivity index (χ4v) is 2.52. The number of benzene rings is 1. The lowest BCUT2D eigenvalue weighted by Crippen LogP contribution is -2.26. The molecular weight excluding hydrogens is 263 g/mol. The molecule has 0 saturated carbocycles. The summed E-state index contributed by atoms with van der Waals surface area (Å²) in [5, 5.41) is 4.69. The number of hydrogen-bond donors (Lipinski definition) is 2. The molecular formula is C14H15FN2OS. The minimum atomic E-state index is -0.511. The molecule has 3 N–H and O–H groups in total. The number of nitrogens with one attached hydrogen (secondary N) is 1. The second-order valence-electron chi connectivity index (χ2n) is 4.28. The lowest BCUT2D eigenvalue weighted by molar-refractivity contribution is 0.0950. The maximum Gasteiger partial charge on any atom is 0.254 e. The van der Waals surface area contributed by atoms with Crippen LogP contribution in [0.25, 0.3) is 0 Å². The Kier molecular flexibility index (Phi) is 4.16. The summed E-state index contributed by atoms with van der Waals surface area (Å²) < 4.78 is 13.8. The molecule has 2 rings (SSSR count). The molecule has 0 aliphatic carbocycles. The van der Waals surface area contributed by atoms with E-state index in [0.29, 0.717) is 17.8 Å². The highest BCUT2D eigenvalue weighted by atomic mass is 32.1. The summed E-state index contributed by atoms with van der Waals surface area (Å²) in [6.07, 6.45) is 0.742. The highest BCUT2D eigenvalue weighted by molar-refractivity contribution is 7.09. The van der Waals surface area contributed by atoms with Gasteiger partial charge < -0.3 is 11.1 Å². The zero-order chi connectivity index (χ0) is 13.8. The fraction of sp³-hybridized carbons (Fsp3) is 0.214. The molecule has 0 aliphatic heterocycles. The first kappa shape index (κ1) is 13.5. The van der Waals surface area contributed by atoms with Crippen LogP contribution < -0.4 is 11.1 Å². The van der Waals surface area contributed by atoms with E-state index in [4.69, 9.17) is 5.73 Å². The summed E-state index contributed by atoms with van der Waals surface area (Å²) in [5.74, 6) is -0.938. The predicted octanol–water partition coefficient (Wildman–Crippen LogP) is 2.75. The first-order valence-corrected chi connectivity index (χ1v) is 6.82. The van der Waals surface area contributed by atoms with Crippen molar-refractivity contribution >= 4 is 22.9 Å². The molecule has 0 unspecified atom stereocenters. The molecule has 2 aromatic rings. The average Bonchev–Trinajstić information content (AvgIpc) is 2.86. The van der Waals surface area contributed by atoms with Gasteiger partial charge in [-0.1, -0.05) is 6.07 Å². The molecule has 0 bridgehead atoms. The van der Waals surface area contributed by atoms with Gasteiger partial charge in [-0.05, 0) is 42.5 Å². The Labute approximate surface area is 115 Å². The summed E-state index contributed by atoms with van der Waals surface area (Å²) in [4.78, 5) is 13.1. The molecule has 5 heteroatoms. The summed E-state index contributed by atoms with van der Waals surface area (Å²) in [7, 11) is 0. The number of aryl methyl sites for hydroxylation is 1. The lowest BCUT2D eigenvalue weighted by atomic mass is 10.1. The Morgan fingerprint density at radius 1 is 1.47 bits per heavy atom. The Bertz CT molecular complexity index is 581. The molecule has 0 fully saturated rings. The van der Waals surface area contributed by atoms with Crippen LogP contribution in [-0.2, 0) is 6.42 Å². The minimum absolute atomic E-state index is 0.00341. The number of rotatable bonds is 4. The van der Waals surface area contributed by atoms with E-state index in [1.54, 1.807) is 18.3 Å². The number of anilines is 1. The summed E-state index contributed by atoms with van der Waals surface area (Å²) in [5.41, 5.74) is 6.40. The molecule has 1 heterocycles. The minimum Gasteiger partial charge on any atom is -0.399 e. The third-order valence-corrected chi connectivity index (χ3v) is 3.69. The van der Waals surface area contributed by atoms with E-state index in [2.05, 4.69) is 5.32 Å². The van der Waals surface area contributed by atoms with Gasteiger partial charge in [-0.25, -0.2) is 4.39 Å². The molecule has 0 atom stereocenters. The van der Waals surface area contributed by atoms with E-state index in [9.17, 15) is 9.18 Å². The molecule has 0 saturated heterocycles. The van der Waals surface area contributed by atoms with E-state index in [-0.39, 0.29) is 5.56 Å². The van der Waals surface area contributed by atoms with Crippen molar-refractivity contribution in [2.24, 2.45) is 0 Å². The fourth-order valence-electron chi connectivity index (χ4n) is 1.81. The van der Waals surface area contributed by atoms with Crippen LogP contribution >= 0.6 is 11.3 Å². The van der Waals surface area contributed by atoms with Gasteiger partial charge in [0, 0.05) is 17.1 Å². The number of halogens is 1. The second-order valence-corrected chi connectivity index (χ2v) is 5.32. The number of nitrogen functional groups attached to an aromatic ring is 1. The number of carbonyl (C=O) groups is 1. The van der Waals surface area contributed by atoms with Crippen LogP contribution in [0.15, 0.2) is 29.6 Å². The van der Waals surface area contributed by atoms with Gasteiger partial charge in [-0.3, -0.25) is 4.79 Å². The van der Waals surface area contributed by atoms with Crippen LogP contribution in [0, 0.1) is 12.7 Å². The molecule has 19 heavy (non-hydrogen) atoms. The number of hydrogen-bond acceptors (Lipinski definition) is 3. The van der Waals surface area contributed by atoms with Crippen molar-refractivity contribution in [3.8, 4) is 0 Å². The van der Waals surface area contributed by atoms with Gasteiger partial charge in [-0.15, -0.1) is 11.3 Å². The van der Waals surface area contributed by atoms with Crippen LogP contribution in [-0.4, -0.2) is 12.5 Å². The highest BCUT2D eigenvalue weighted by Crippen LogP contribution is 2.17.